The molecule has 0 aromatic heterocycles. The van der Waals surface area contributed by atoms with E-state index in [1.54, 1.807) is 0 Å². The Hall–Kier alpha value is -3.77. The van der Waals surface area contributed by atoms with E-state index in [0.29, 0.717) is 12.3 Å². The first-order chi connectivity index (χ1) is 21.7. The van der Waals surface area contributed by atoms with E-state index < -0.39 is 0 Å². The molecule has 2 aliphatic heterocycles. The Morgan fingerprint density at radius 2 is 1.32 bits per heavy atom. The van der Waals surface area contributed by atoms with E-state index in [-0.39, 0.29) is 17.9 Å². The number of likely N-dealkylation sites (tertiary alicyclic amines) is 1. The van der Waals surface area contributed by atoms with E-state index in [2.05, 4.69) is 94.7 Å². The van der Waals surface area contributed by atoms with Gasteiger partial charge < -0.3 is 14.4 Å². The van der Waals surface area contributed by atoms with Crippen LogP contribution in [-0.2, 0) is 4.74 Å². The Morgan fingerprint density at radius 3 is 1.93 bits per heavy atom. The molecule has 0 bridgehead atoms. The van der Waals surface area contributed by atoms with Crippen LogP contribution in [0.25, 0.3) is 0 Å². The highest BCUT2D eigenvalue weighted by atomic mass is 16.5. The maximum Gasteiger partial charge on any atom is 0.163 e. The second-order valence-corrected chi connectivity index (χ2v) is 12.1. The fraction of sp³-hybridized carbons (Fsp3) is 0.359. The van der Waals surface area contributed by atoms with Gasteiger partial charge in [0, 0.05) is 56.7 Å². The average molecular weight is 589 g/mol. The molecular formula is C39H44N2O3. The standard InChI is InChI=1S/C39H44N2O3/c42-39(20-19-38(33-15-8-3-9-16-33)41-25-27-43-28-26-41)34-17-10-18-36(29-34)44-35-21-23-40(24-22-35)30-37(31-11-4-1-5-12-31)32-13-6-2-7-14-32/h1-18,29,35,37-38H,19-28,30H2. The summed E-state index contributed by atoms with van der Waals surface area (Å²) < 4.78 is 12.0. The Morgan fingerprint density at radius 1 is 0.727 bits per heavy atom. The Kier molecular flexibility index (Phi) is 10.5. The average Bonchev–Trinajstić information content (AvgIpc) is 3.10. The summed E-state index contributed by atoms with van der Waals surface area (Å²) >= 11 is 0. The van der Waals surface area contributed by atoms with Crippen LogP contribution in [0, 0.1) is 0 Å². The topological polar surface area (TPSA) is 42.0 Å². The van der Waals surface area contributed by atoms with Crippen LogP contribution in [0.15, 0.2) is 115 Å². The summed E-state index contributed by atoms with van der Waals surface area (Å²) in [6, 6.07) is 40.3. The van der Waals surface area contributed by atoms with Gasteiger partial charge in [0.2, 0.25) is 0 Å². The molecular weight excluding hydrogens is 544 g/mol. The van der Waals surface area contributed by atoms with Gasteiger partial charge in [0.25, 0.3) is 0 Å². The van der Waals surface area contributed by atoms with Gasteiger partial charge in [-0.05, 0) is 48.1 Å². The molecule has 2 aliphatic rings. The quantitative estimate of drug-likeness (QED) is 0.161. The first-order valence-electron chi connectivity index (χ1n) is 16.2. The normalized spacial score (nSPS) is 17.4. The van der Waals surface area contributed by atoms with Gasteiger partial charge in [0.05, 0.1) is 13.2 Å². The molecule has 2 saturated heterocycles. The third-order valence-electron chi connectivity index (χ3n) is 9.15. The minimum atomic E-state index is 0.160. The van der Waals surface area contributed by atoms with Crippen LogP contribution >= 0.6 is 0 Å². The number of nitrogens with zero attached hydrogens (tertiary/aromatic N) is 2. The molecule has 1 unspecified atom stereocenters. The molecule has 6 rings (SSSR count). The summed E-state index contributed by atoms with van der Waals surface area (Å²) in [5.74, 6) is 1.32. The number of ketones is 1. The fourth-order valence-corrected chi connectivity index (χ4v) is 6.71. The summed E-state index contributed by atoms with van der Waals surface area (Å²) in [6.07, 6.45) is 3.41. The maximum absolute atomic E-state index is 13.4. The molecule has 0 amide bonds. The highest BCUT2D eigenvalue weighted by molar-refractivity contribution is 5.96. The van der Waals surface area contributed by atoms with Crippen LogP contribution in [0.1, 0.15) is 64.7 Å². The highest BCUT2D eigenvalue weighted by Gasteiger charge is 2.26. The first-order valence-corrected chi connectivity index (χ1v) is 16.2. The predicted octanol–water partition coefficient (Wildman–Crippen LogP) is 7.40. The first kappa shape index (κ1) is 30.3. The number of piperidine rings is 1. The summed E-state index contributed by atoms with van der Waals surface area (Å²) in [5.41, 5.74) is 4.73. The summed E-state index contributed by atoms with van der Waals surface area (Å²) in [5, 5.41) is 0. The second-order valence-electron chi connectivity index (χ2n) is 12.1. The number of hydrogen-bond donors (Lipinski definition) is 0. The second kappa shape index (κ2) is 15.3. The molecule has 5 nitrogen and oxygen atoms in total. The van der Waals surface area contributed by atoms with Crippen molar-refractivity contribution < 1.29 is 14.3 Å². The van der Waals surface area contributed by atoms with Crippen molar-refractivity contribution in [2.24, 2.45) is 0 Å². The van der Waals surface area contributed by atoms with Gasteiger partial charge in [-0.1, -0.05) is 103 Å². The zero-order valence-corrected chi connectivity index (χ0v) is 25.6. The molecule has 0 radical (unpaired) electrons. The van der Waals surface area contributed by atoms with E-state index in [9.17, 15) is 4.79 Å². The van der Waals surface area contributed by atoms with Crippen LogP contribution in [0.2, 0.25) is 0 Å². The number of morpholine rings is 1. The van der Waals surface area contributed by atoms with Crippen LogP contribution in [0.4, 0.5) is 0 Å². The minimum Gasteiger partial charge on any atom is -0.490 e. The van der Waals surface area contributed by atoms with Crippen molar-refractivity contribution in [3.8, 4) is 5.75 Å². The van der Waals surface area contributed by atoms with Gasteiger partial charge in [-0.3, -0.25) is 9.69 Å². The van der Waals surface area contributed by atoms with Crippen LogP contribution < -0.4 is 4.74 Å². The van der Waals surface area contributed by atoms with Crippen molar-refractivity contribution in [2.45, 2.75) is 43.7 Å². The Labute approximate surface area is 262 Å². The SMILES string of the molecule is O=C(CCC(c1ccccc1)N1CCOCC1)c1cccc(OC2CCN(CC(c3ccccc3)c3ccccc3)CC2)c1. The summed E-state index contributed by atoms with van der Waals surface area (Å²) in [4.78, 5) is 18.4. The predicted molar refractivity (Wildman–Crippen MR) is 176 cm³/mol. The largest absolute Gasteiger partial charge is 0.490 e. The molecule has 5 heteroatoms. The number of hydrogen-bond acceptors (Lipinski definition) is 5. The fourth-order valence-electron chi connectivity index (χ4n) is 6.71. The molecule has 0 aliphatic carbocycles. The van der Waals surface area contributed by atoms with E-state index in [4.69, 9.17) is 9.47 Å². The minimum absolute atomic E-state index is 0.160. The van der Waals surface area contributed by atoms with Crippen molar-refractivity contribution in [1.29, 1.82) is 0 Å². The lowest BCUT2D eigenvalue weighted by Crippen LogP contribution is -2.40. The van der Waals surface area contributed by atoms with Crippen molar-refractivity contribution in [3.05, 3.63) is 138 Å². The third-order valence-corrected chi connectivity index (χ3v) is 9.15. The molecule has 0 N–H and O–H groups in total. The lowest BCUT2D eigenvalue weighted by atomic mass is 9.90. The van der Waals surface area contributed by atoms with Crippen LogP contribution in [0.3, 0.4) is 0 Å². The molecule has 2 fully saturated rings. The number of carbonyl (C=O) groups excluding carboxylic acids is 1. The smallest absolute Gasteiger partial charge is 0.163 e. The third kappa shape index (κ3) is 8.03. The van der Waals surface area contributed by atoms with E-state index in [0.717, 1.165) is 76.5 Å². The number of benzene rings is 4. The van der Waals surface area contributed by atoms with E-state index in [1.807, 2.05) is 30.3 Å². The Bertz CT molecular complexity index is 1390. The van der Waals surface area contributed by atoms with Crippen molar-refractivity contribution in [3.63, 3.8) is 0 Å². The number of rotatable bonds is 12. The molecule has 4 aromatic carbocycles. The van der Waals surface area contributed by atoms with E-state index >= 15 is 0 Å². The molecule has 228 valence electrons. The van der Waals surface area contributed by atoms with Crippen molar-refractivity contribution in [2.75, 3.05) is 45.9 Å². The molecule has 0 saturated carbocycles. The van der Waals surface area contributed by atoms with Gasteiger partial charge in [0.15, 0.2) is 5.78 Å². The van der Waals surface area contributed by atoms with Crippen molar-refractivity contribution in [1.82, 2.24) is 9.80 Å². The molecule has 4 aromatic rings. The van der Waals surface area contributed by atoms with Gasteiger partial charge in [0.1, 0.15) is 11.9 Å². The van der Waals surface area contributed by atoms with Crippen molar-refractivity contribution >= 4 is 5.78 Å². The molecule has 0 spiro atoms. The van der Waals surface area contributed by atoms with Gasteiger partial charge in [-0.15, -0.1) is 0 Å². The van der Waals surface area contributed by atoms with Crippen LogP contribution in [-0.4, -0.2) is 67.6 Å². The number of carbonyl (C=O) groups is 1. The number of Topliss-reactive ketones (excluding diaryl/α,β-unsaturated/α-hetero) is 1. The number of ether oxygens (including phenoxy) is 2. The monoisotopic (exact) mass is 588 g/mol. The van der Waals surface area contributed by atoms with Gasteiger partial charge in [-0.2, -0.15) is 0 Å². The van der Waals surface area contributed by atoms with Gasteiger partial charge >= 0.3 is 0 Å². The molecule has 1 atom stereocenters. The lowest BCUT2D eigenvalue weighted by molar-refractivity contribution is 0.0139. The zero-order valence-electron chi connectivity index (χ0n) is 25.6. The van der Waals surface area contributed by atoms with Crippen LogP contribution in [0.5, 0.6) is 5.75 Å². The molecule has 2 heterocycles. The van der Waals surface area contributed by atoms with Gasteiger partial charge in [-0.25, -0.2) is 0 Å². The summed E-state index contributed by atoms with van der Waals surface area (Å²) in [6.45, 7) is 6.29. The summed E-state index contributed by atoms with van der Waals surface area (Å²) in [7, 11) is 0. The lowest BCUT2D eigenvalue weighted by Gasteiger charge is -2.35. The molecule has 44 heavy (non-hydrogen) atoms. The van der Waals surface area contributed by atoms with E-state index in [1.165, 1.54) is 16.7 Å². The Balaban J connectivity index is 1.03. The highest BCUT2D eigenvalue weighted by Crippen LogP contribution is 2.30. The zero-order chi connectivity index (χ0) is 30.0. The maximum atomic E-state index is 13.4.